The van der Waals surface area contributed by atoms with E-state index in [-0.39, 0.29) is 5.91 Å². The molecule has 1 aliphatic heterocycles. The summed E-state index contributed by atoms with van der Waals surface area (Å²) in [7, 11) is 0. The first-order valence-electron chi connectivity index (χ1n) is 8.93. The van der Waals surface area contributed by atoms with Crippen LogP contribution in [0, 0.1) is 0 Å². The quantitative estimate of drug-likeness (QED) is 0.486. The van der Waals surface area contributed by atoms with Crippen molar-refractivity contribution in [3.63, 3.8) is 0 Å². The van der Waals surface area contributed by atoms with Crippen LogP contribution in [0.5, 0.6) is 11.5 Å². The van der Waals surface area contributed by atoms with Gasteiger partial charge in [0.05, 0.1) is 17.3 Å². The number of nitrogens with zero attached hydrogens (tertiary/aromatic N) is 1. The summed E-state index contributed by atoms with van der Waals surface area (Å²) in [6.07, 6.45) is 3.50. The second kappa shape index (κ2) is 8.31. The minimum absolute atomic E-state index is 0.0141. The maximum absolute atomic E-state index is 12.9. The second-order valence-electron chi connectivity index (χ2n) is 5.99. The van der Waals surface area contributed by atoms with Crippen molar-refractivity contribution >= 4 is 34.8 Å². The number of ether oxygens (including phenoxy) is 2. The third-order valence-electron chi connectivity index (χ3n) is 4.27. The molecule has 0 fully saturated rings. The van der Waals surface area contributed by atoms with Gasteiger partial charge >= 0.3 is 0 Å². The first kappa shape index (κ1) is 19.1. The van der Waals surface area contributed by atoms with E-state index < -0.39 is 0 Å². The Bertz CT molecular complexity index is 904. The molecule has 2 aromatic carbocycles. The van der Waals surface area contributed by atoms with Gasteiger partial charge in [-0.1, -0.05) is 42.5 Å². The summed E-state index contributed by atoms with van der Waals surface area (Å²) in [5.41, 5.74) is 3.28. The van der Waals surface area contributed by atoms with E-state index in [9.17, 15) is 4.79 Å². The lowest BCUT2D eigenvalue weighted by Crippen LogP contribution is -2.25. The summed E-state index contributed by atoms with van der Waals surface area (Å²) in [6, 6.07) is 11.4. The Morgan fingerprint density at radius 3 is 2.67 bits per heavy atom. The zero-order valence-corrected chi connectivity index (χ0v) is 16.3. The summed E-state index contributed by atoms with van der Waals surface area (Å²) >= 11 is 6.42. The number of carbonyl (C=O) groups excluding carboxylic acids is 1. The van der Waals surface area contributed by atoms with Crippen molar-refractivity contribution < 1.29 is 14.3 Å². The molecule has 0 bridgehead atoms. The number of hydrogen-bond donors (Lipinski definition) is 0. The number of fused-ring (bicyclic) bond motifs is 1. The van der Waals surface area contributed by atoms with Crippen molar-refractivity contribution in [3.05, 3.63) is 65.2 Å². The zero-order valence-electron chi connectivity index (χ0n) is 15.5. The van der Waals surface area contributed by atoms with E-state index in [1.54, 1.807) is 17.0 Å². The molecule has 5 heteroatoms. The molecule has 0 radical (unpaired) electrons. The van der Waals surface area contributed by atoms with Crippen LogP contribution < -0.4 is 14.4 Å². The lowest BCUT2D eigenvalue weighted by atomic mass is 10.0. The molecule has 2 aromatic rings. The highest BCUT2D eigenvalue weighted by Gasteiger charge is 2.30. The van der Waals surface area contributed by atoms with Crippen LogP contribution in [0.25, 0.3) is 11.6 Å². The molecule has 140 valence electrons. The highest BCUT2D eigenvalue weighted by Crippen LogP contribution is 2.40. The van der Waals surface area contributed by atoms with Crippen molar-refractivity contribution in [3.8, 4) is 11.5 Å². The number of hydrogen-bond acceptors (Lipinski definition) is 3. The van der Waals surface area contributed by atoms with Crippen molar-refractivity contribution in [2.75, 3.05) is 24.7 Å². The van der Waals surface area contributed by atoms with Gasteiger partial charge in [0.25, 0.3) is 5.91 Å². The standard InChI is InChI=1S/C22H22ClNO3/c1-4-11-27-21-18(23)13-15(14-20(21)26-6-3)12-17-16-9-7-8-10-19(16)24(5-2)22(17)25/h4,7-10,12-14H,1,5-6,11H2,2-3H3/b17-12-. The van der Waals surface area contributed by atoms with E-state index in [4.69, 9.17) is 21.1 Å². The highest BCUT2D eigenvalue weighted by molar-refractivity contribution is 6.36. The minimum atomic E-state index is -0.0141. The molecule has 0 saturated carbocycles. The molecule has 0 aliphatic carbocycles. The van der Waals surface area contributed by atoms with E-state index >= 15 is 0 Å². The maximum Gasteiger partial charge on any atom is 0.258 e. The fraction of sp³-hybridized carbons (Fsp3) is 0.227. The molecule has 1 heterocycles. The Hall–Kier alpha value is -2.72. The summed E-state index contributed by atoms with van der Waals surface area (Å²) in [5.74, 6) is 1.01. The molecule has 0 N–H and O–H groups in total. The number of rotatable bonds is 7. The molecule has 0 saturated heterocycles. The predicted molar refractivity (Wildman–Crippen MR) is 111 cm³/mol. The fourth-order valence-corrected chi connectivity index (χ4v) is 3.42. The zero-order chi connectivity index (χ0) is 19.4. The summed E-state index contributed by atoms with van der Waals surface area (Å²) in [4.78, 5) is 14.6. The number of anilines is 1. The largest absolute Gasteiger partial charge is 0.490 e. The number of likely N-dealkylation sites (N-methyl/N-ethyl adjacent to an activating group) is 1. The molecular weight excluding hydrogens is 362 g/mol. The van der Waals surface area contributed by atoms with Crippen LogP contribution in [0.3, 0.4) is 0 Å². The molecule has 0 spiro atoms. The van der Waals surface area contributed by atoms with E-state index in [0.717, 1.165) is 16.8 Å². The molecule has 0 aromatic heterocycles. The third kappa shape index (κ3) is 3.71. The monoisotopic (exact) mass is 383 g/mol. The van der Waals surface area contributed by atoms with Gasteiger partial charge in [-0.05, 0) is 43.7 Å². The van der Waals surface area contributed by atoms with Gasteiger partial charge in [0.2, 0.25) is 0 Å². The van der Waals surface area contributed by atoms with Gasteiger partial charge in [-0.15, -0.1) is 0 Å². The number of para-hydroxylation sites is 1. The van der Waals surface area contributed by atoms with Crippen molar-refractivity contribution in [1.29, 1.82) is 0 Å². The van der Waals surface area contributed by atoms with E-state index in [0.29, 0.717) is 41.9 Å². The normalized spacial score (nSPS) is 14.4. The number of amides is 1. The van der Waals surface area contributed by atoms with E-state index in [1.165, 1.54) is 0 Å². The van der Waals surface area contributed by atoms with Crippen LogP contribution in [0.15, 0.2) is 49.1 Å². The van der Waals surface area contributed by atoms with Crippen molar-refractivity contribution in [1.82, 2.24) is 0 Å². The first-order chi connectivity index (χ1) is 13.1. The molecule has 1 aliphatic rings. The Morgan fingerprint density at radius 2 is 1.96 bits per heavy atom. The molecule has 0 atom stereocenters. The smallest absolute Gasteiger partial charge is 0.258 e. The average Bonchev–Trinajstić information content (AvgIpc) is 2.93. The summed E-state index contributed by atoms with van der Waals surface area (Å²) in [5, 5.41) is 0.431. The third-order valence-corrected chi connectivity index (χ3v) is 4.55. The van der Waals surface area contributed by atoms with Crippen LogP contribution in [-0.2, 0) is 4.79 Å². The lowest BCUT2D eigenvalue weighted by Gasteiger charge is -2.14. The molecule has 4 nitrogen and oxygen atoms in total. The lowest BCUT2D eigenvalue weighted by molar-refractivity contribution is -0.112. The van der Waals surface area contributed by atoms with Gasteiger partial charge in [-0.3, -0.25) is 4.79 Å². The number of benzene rings is 2. The summed E-state index contributed by atoms with van der Waals surface area (Å²) < 4.78 is 11.3. The number of carbonyl (C=O) groups is 1. The fourth-order valence-electron chi connectivity index (χ4n) is 3.14. The SMILES string of the molecule is C=CCOc1c(Cl)cc(/C=C2\C(=O)N(CC)c3ccccc32)cc1OCC. The topological polar surface area (TPSA) is 38.8 Å². The highest BCUT2D eigenvalue weighted by atomic mass is 35.5. The van der Waals surface area contributed by atoms with Gasteiger partial charge in [0.15, 0.2) is 11.5 Å². The molecular formula is C22H22ClNO3. The van der Waals surface area contributed by atoms with Gasteiger partial charge in [-0.25, -0.2) is 0 Å². The first-order valence-corrected chi connectivity index (χ1v) is 9.31. The summed E-state index contributed by atoms with van der Waals surface area (Å²) in [6.45, 7) is 8.94. The van der Waals surface area contributed by atoms with E-state index in [2.05, 4.69) is 6.58 Å². The molecule has 3 rings (SSSR count). The van der Waals surface area contributed by atoms with Crippen LogP contribution in [0.1, 0.15) is 25.0 Å². The average molecular weight is 384 g/mol. The minimum Gasteiger partial charge on any atom is -0.490 e. The van der Waals surface area contributed by atoms with Crippen molar-refractivity contribution in [2.24, 2.45) is 0 Å². The second-order valence-corrected chi connectivity index (χ2v) is 6.39. The van der Waals surface area contributed by atoms with Gasteiger partial charge in [0.1, 0.15) is 6.61 Å². The van der Waals surface area contributed by atoms with Gasteiger partial charge < -0.3 is 14.4 Å². The van der Waals surface area contributed by atoms with Crippen LogP contribution in [-0.4, -0.2) is 25.7 Å². The van der Waals surface area contributed by atoms with Gasteiger partial charge in [-0.2, -0.15) is 0 Å². The van der Waals surface area contributed by atoms with Crippen LogP contribution in [0.2, 0.25) is 5.02 Å². The Labute approximate surface area is 164 Å². The van der Waals surface area contributed by atoms with E-state index in [1.807, 2.05) is 50.3 Å². The number of halogens is 1. The van der Waals surface area contributed by atoms with Crippen LogP contribution >= 0.6 is 11.6 Å². The molecule has 1 amide bonds. The Balaban J connectivity index is 2.06. The van der Waals surface area contributed by atoms with Crippen molar-refractivity contribution in [2.45, 2.75) is 13.8 Å². The predicted octanol–water partition coefficient (Wildman–Crippen LogP) is 5.21. The van der Waals surface area contributed by atoms with Crippen LogP contribution in [0.4, 0.5) is 5.69 Å². The molecule has 0 unspecified atom stereocenters. The molecule has 27 heavy (non-hydrogen) atoms. The maximum atomic E-state index is 12.9. The Kier molecular flexibility index (Phi) is 5.87. The van der Waals surface area contributed by atoms with Gasteiger partial charge in [0, 0.05) is 17.7 Å². The Morgan fingerprint density at radius 1 is 1.19 bits per heavy atom.